The number of carbonyl (C=O) groups is 2. The lowest BCUT2D eigenvalue weighted by molar-refractivity contribution is -0.132. The molecule has 1 amide bonds. The van der Waals surface area contributed by atoms with Gasteiger partial charge in [-0.1, -0.05) is 57.5 Å². The molecule has 2 aliphatic heterocycles. The summed E-state index contributed by atoms with van der Waals surface area (Å²) in [5.41, 5.74) is 5.05. The monoisotopic (exact) mass is 789 g/mol. The summed E-state index contributed by atoms with van der Waals surface area (Å²) in [6.45, 7) is 17.3. The van der Waals surface area contributed by atoms with Crippen molar-refractivity contribution in [2.45, 2.75) is 84.8 Å². The van der Waals surface area contributed by atoms with Crippen LogP contribution in [-0.4, -0.2) is 124 Å². The Kier molecular flexibility index (Phi) is 19.6. The summed E-state index contributed by atoms with van der Waals surface area (Å²) >= 11 is 0. The van der Waals surface area contributed by atoms with Crippen molar-refractivity contribution in [1.29, 1.82) is 0 Å². The number of aromatic nitrogens is 1. The summed E-state index contributed by atoms with van der Waals surface area (Å²) in [5, 5.41) is 16.6. The van der Waals surface area contributed by atoms with E-state index >= 15 is 0 Å². The molecule has 3 heterocycles. The Morgan fingerprint density at radius 3 is 2.60 bits per heavy atom. The molecule has 5 rings (SSSR count). The molecule has 0 aliphatic carbocycles. The van der Waals surface area contributed by atoms with E-state index < -0.39 is 0 Å². The van der Waals surface area contributed by atoms with Crippen LogP contribution in [0.2, 0.25) is 0 Å². The molecule has 1 spiro atoms. The van der Waals surface area contributed by atoms with Gasteiger partial charge in [-0.15, -0.1) is 0 Å². The molecule has 2 aromatic carbocycles. The molecule has 0 saturated carbocycles. The standard InChI is InChI=1S/C43H62N6O6.C2H6/c1-4-5-20-48(23-19-45-17-12-37-9-10-38(51)41(44-3)42(37)54-29-25-50)40(52)14-27-53-26-13-35-7-6-8-36(31-35)32-47-21-15-43(16-22-47)33-49(24-28-55-43)39-30-34(2)11-18-46-39;1-2/h6-11,18,25,30-31,44-45,51H,4-5,12-17,19-24,26-29,32-33H2,1-3H3;1-2H3. The second kappa shape index (κ2) is 24.5. The van der Waals surface area contributed by atoms with Crippen molar-refractivity contribution in [2.75, 3.05) is 96.0 Å². The molecule has 3 N–H and O–H groups in total. The van der Waals surface area contributed by atoms with Crippen LogP contribution in [-0.2, 0) is 38.4 Å². The third kappa shape index (κ3) is 14.3. The first-order valence-corrected chi connectivity index (χ1v) is 21.1. The van der Waals surface area contributed by atoms with Crippen LogP contribution < -0.4 is 20.3 Å². The van der Waals surface area contributed by atoms with E-state index in [1.165, 1.54) is 16.7 Å². The van der Waals surface area contributed by atoms with Crippen molar-refractivity contribution in [3.63, 3.8) is 0 Å². The van der Waals surface area contributed by atoms with E-state index in [1.54, 1.807) is 19.2 Å². The van der Waals surface area contributed by atoms with Gasteiger partial charge in [0.2, 0.25) is 5.91 Å². The van der Waals surface area contributed by atoms with E-state index in [0.29, 0.717) is 63.4 Å². The van der Waals surface area contributed by atoms with Gasteiger partial charge in [0, 0.05) is 65.6 Å². The first-order chi connectivity index (χ1) is 27.8. The number of anilines is 2. The Bertz CT molecular complexity index is 1650. The molecule has 12 nitrogen and oxygen atoms in total. The minimum absolute atomic E-state index is 0.0700. The van der Waals surface area contributed by atoms with Crippen molar-refractivity contribution in [3.8, 4) is 11.5 Å². The van der Waals surface area contributed by atoms with Crippen LogP contribution in [0.25, 0.3) is 0 Å². The van der Waals surface area contributed by atoms with Gasteiger partial charge < -0.3 is 39.8 Å². The molecule has 0 radical (unpaired) electrons. The van der Waals surface area contributed by atoms with Crippen LogP contribution in [0, 0.1) is 6.92 Å². The lowest BCUT2D eigenvalue weighted by Crippen LogP contribution is -2.57. The fourth-order valence-corrected chi connectivity index (χ4v) is 7.51. The predicted octanol–water partition coefficient (Wildman–Crippen LogP) is 6.02. The molecular weight excluding hydrogens is 721 g/mol. The summed E-state index contributed by atoms with van der Waals surface area (Å²) in [6.07, 6.45) is 8.42. The highest BCUT2D eigenvalue weighted by Crippen LogP contribution is 2.37. The van der Waals surface area contributed by atoms with E-state index in [1.807, 2.05) is 31.0 Å². The average molecular weight is 789 g/mol. The van der Waals surface area contributed by atoms with Crippen molar-refractivity contribution in [1.82, 2.24) is 20.1 Å². The summed E-state index contributed by atoms with van der Waals surface area (Å²) in [5.74, 6) is 1.72. The van der Waals surface area contributed by atoms with Crippen LogP contribution in [0.5, 0.6) is 11.5 Å². The summed E-state index contributed by atoms with van der Waals surface area (Å²) < 4.78 is 18.0. The number of piperidine rings is 1. The number of unbranched alkanes of at least 4 members (excludes halogenated alkanes) is 1. The maximum Gasteiger partial charge on any atom is 0.224 e. The highest BCUT2D eigenvalue weighted by molar-refractivity contribution is 5.76. The van der Waals surface area contributed by atoms with Gasteiger partial charge in [0.05, 0.1) is 31.8 Å². The Labute approximate surface area is 341 Å². The summed E-state index contributed by atoms with van der Waals surface area (Å²) in [7, 11) is 1.70. The number of ether oxygens (including phenoxy) is 3. The third-order valence-electron chi connectivity index (χ3n) is 10.7. The van der Waals surface area contributed by atoms with Crippen LogP contribution >= 0.6 is 0 Å². The molecule has 3 aromatic rings. The maximum atomic E-state index is 13.2. The zero-order valence-electron chi connectivity index (χ0n) is 35.2. The van der Waals surface area contributed by atoms with Gasteiger partial charge in [0.25, 0.3) is 0 Å². The van der Waals surface area contributed by atoms with Crippen molar-refractivity contribution in [2.24, 2.45) is 0 Å². The Balaban J connectivity index is 0.00000354. The third-order valence-corrected chi connectivity index (χ3v) is 10.7. The molecule has 2 saturated heterocycles. The number of hydrogen-bond acceptors (Lipinski definition) is 11. The number of hydrogen-bond donors (Lipinski definition) is 3. The number of aryl methyl sites for hydroxylation is 1. The summed E-state index contributed by atoms with van der Waals surface area (Å²) in [6, 6.07) is 16.5. The van der Waals surface area contributed by atoms with E-state index in [0.717, 1.165) is 89.4 Å². The van der Waals surface area contributed by atoms with Gasteiger partial charge in [-0.2, -0.15) is 0 Å². The number of phenolic OH excluding ortho intramolecular Hbond substituents is 1. The first-order valence-electron chi connectivity index (χ1n) is 21.1. The molecule has 0 bridgehead atoms. The second-order valence-corrected chi connectivity index (χ2v) is 14.8. The van der Waals surface area contributed by atoms with Gasteiger partial charge in [0.15, 0.2) is 6.29 Å². The number of morpholine rings is 1. The zero-order chi connectivity index (χ0) is 40.9. The van der Waals surface area contributed by atoms with Gasteiger partial charge in [0.1, 0.15) is 29.6 Å². The number of amides is 1. The molecule has 0 unspecified atom stereocenters. The number of nitrogens with one attached hydrogen (secondary N) is 2. The molecule has 314 valence electrons. The minimum atomic E-state index is -0.0997. The lowest BCUT2D eigenvalue weighted by Gasteiger charge is -2.47. The number of nitrogens with zero attached hydrogens (tertiary/aromatic N) is 4. The molecular formula is C45H68N6O6. The van der Waals surface area contributed by atoms with Gasteiger partial charge in [-0.25, -0.2) is 4.98 Å². The summed E-state index contributed by atoms with van der Waals surface area (Å²) in [4.78, 5) is 35.6. The van der Waals surface area contributed by atoms with E-state index in [9.17, 15) is 14.7 Å². The SMILES string of the molecule is CC.CCCCN(CCNCCc1ccc(O)c(NC)c1OCC=O)C(=O)CCOCCc1cccc(CN2CCC3(CC2)CN(c2cc(C)ccn2)CCO3)c1. The average Bonchev–Trinajstić information content (AvgIpc) is 3.23. The van der Waals surface area contributed by atoms with Crippen LogP contribution in [0.1, 0.15) is 75.1 Å². The van der Waals surface area contributed by atoms with Crippen molar-refractivity contribution < 1.29 is 28.9 Å². The molecule has 2 aliphatic rings. The topological polar surface area (TPSA) is 129 Å². The molecule has 12 heteroatoms. The molecule has 1 aromatic heterocycles. The Hall–Kier alpha value is -4.23. The number of phenols is 1. The number of carbonyl (C=O) groups excluding carboxylic acids is 2. The maximum absolute atomic E-state index is 13.2. The highest BCUT2D eigenvalue weighted by Gasteiger charge is 2.40. The number of pyridine rings is 1. The quantitative estimate of drug-likeness (QED) is 0.0628. The van der Waals surface area contributed by atoms with Gasteiger partial charge in [-0.3, -0.25) is 14.5 Å². The van der Waals surface area contributed by atoms with Gasteiger partial charge >= 0.3 is 0 Å². The zero-order valence-corrected chi connectivity index (χ0v) is 35.2. The highest BCUT2D eigenvalue weighted by atomic mass is 16.5. The van der Waals surface area contributed by atoms with Crippen LogP contribution in [0.4, 0.5) is 11.5 Å². The lowest BCUT2D eigenvalue weighted by atomic mass is 9.89. The molecule has 0 atom stereocenters. The normalized spacial score (nSPS) is 15.1. The molecule has 57 heavy (non-hydrogen) atoms. The van der Waals surface area contributed by atoms with Crippen LogP contribution in [0.15, 0.2) is 54.7 Å². The fourth-order valence-electron chi connectivity index (χ4n) is 7.51. The number of aldehydes is 1. The van der Waals surface area contributed by atoms with E-state index in [4.69, 9.17) is 14.2 Å². The number of benzene rings is 2. The number of rotatable bonds is 22. The van der Waals surface area contributed by atoms with Gasteiger partial charge in [-0.05, 0) is 86.0 Å². The Morgan fingerprint density at radius 1 is 1.04 bits per heavy atom. The van der Waals surface area contributed by atoms with Crippen molar-refractivity contribution in [3.05, 3.63) is 77.0 Å². The van der Waals surface area contributed by atoms with E-state index in [-0.39, 0.29) is 23.9 Å². The predicted molar refractivity (Wildman–Crippen MR) is 229 cm³/mol. The van der Waals surface area contributed by atoms with E-state index in [2.05, 4.69) is 69.6 Å². The number of likely N-dealkylation sites (tertiary alicyclic amines) is 1. The number of aromatic hydroxyl groups is 1. The van der Waals surface area contributed by atoms with Crippen LogP contribution in [0.3, 0.4) is 0 Å². The first kappa shape index (κ1) is 45.5. The van der Waals surface area contributed by atoms with Crippen molar-refractivity contribution >= 4 is 23.7 Å². The minimum Gasteiger partial charge on any atom is -0.506 e. The smallest absolute Gasteiger partial charge is 0.224 e. The molecule has 2 fully saturated rings. The second-order valence-electron chi connectivity index (χ2n) is 14.8. The largest absolute Gasteiger partial charge is 0.506 e. The fraction of sp³-hybridized carbons (Fsp3) is 0.578. The Morgan fingerprint density at radius 2 is 1.84 bits per heavy atom.